The SMILES string of the molecule is CCCC1C2C=CC(C2)C1OC. The highest BCUT2D eigenvalue weighted by atomic mass is 16.5. The first-order valence-electron chi connectivity index (χ1n) is 5.08. The smallest absolute Gasteiger partial charge is 0.0667 e. The molecule has 1 saturated carbocycles. The van der Waals surface area contributed by atoms with Crippen LogP contribution in [0.2, 0.25) is 0 Å². The molecule has 0 aliphatic heterocycles. The second-order valence-corrected chi connectivity index (χ2v) is 4.10. The van der Waals surface area contributed by atoms with Gasteiger partial charge < -0.3 is 4.74 Å². The molecule has 0 amide bonds. The van der Waals surface area contributed by atoms with Gasteiger partial charge in [-0.1, -0.05) is 25.5 Å². The predicted molar refractivity (Wildman–Crippen MR) is 49.9 cm³/mol. The van der Waals surface area contributed by atoms with Crippen molar-refractivity contribution in [3.8, 4) is 0 Å². The first kappa shape index (κ1) is 8.31. The Morgan fingerprint density at radius 3 is 2.75 bits per heavy atom. The fraction of sp³-hybridized carbons (Fsp3) is 0.818. The van der Waals surface area contributed by atoms with E-state index in [0.717, 1.165) is 17.8 Å². The zero-order valence-corrected chi connectivity index (χ0v) is 7.99. The van der Waals surface area contributed by atoms with Crippen molar-refractivity contribution in [3.63, 3.8) is 0 Å². The Bertz CT molecular complexity index is 185. The molecule has 12 heavy (non-hydrogen) atoms. The quantitative estimate of drug-likeness (QED) is 0.586. The van der Waals surface area contributed by atoms with Crippen LogP contribution in [0.5, 0.6) is 0 Å². The molecule has 0 spiro atoms. The summed E-state index contributed by atoms with van der Waals surface area (Å²) in [5.74, 6) is 2.38. The third kappa shape index (κ3) is 1.11. The Balaban J connectivity index is 2.07. The topological polar surface area (TPSA) is 9.23 Å². The van der Waals surface area contributed by atoms with Crippen LogP contribution in [0.4, 0.5) is 0 Å². The van der Waals surface area contributed by atoms with Gasteiger partial charge in [0.25, 0.3) is 0 Å². The van der Waals surface area contributed by atoms with E-state index in [1.54, 1.807) is 0 Å². The van der Waals surface area contributed by atoms with E-state index < -0.39 is 0 Å². The summed E-state index contributed by atoms with van der Waals surface area (Å²) in [4.78, 5) is 0. The monoisotopic (exact) mass is 166 g/mol. The zero-order valence-electron chi connectivity index (χ0n) is 7.99. The van der Waals surface area contributed by atoms with Crippen molar-refractivity contribution in [2.75, 3.05) is 7.11 Å². The summed E-state index contributed by atoms with van der Waals surface area (Å²) in [5, 5.41) is 0. The fourth-order valence-electron chi connectivity index (χ4n) is 2.94. The molecule has 2 bridgehead atoms. The first-order chi connectivity index (χ1) is 5.86. The van der Waals surface area contributed by atoms with E-state index in [4.69, 9.17) is 4.74 Å². The Kier molecular flexibility index (Phi) is 2.22. The predicted octanol–water partition coefficient (Wildman–Crippen LogP) is 2.62. The van der Waals surface area contributed by atoms with Crippen LogP contribution in [0, 0.1) is 17.8 Å². The first-order valence-corrected chi connectivity index (χ1v) is 5.08. The molecule has 2 rings (SSSR count). The van der Waals surface area contributed by atoms with Crippen LogP contribution in [0.15, 0.2) is 12.2 Å². The maximum Gasteiger partial charge on any atom is 0.0667 e. The van der Waals surface area contributed by atoms with Crippen LogP contribution in [0.25, 0.3) is 0 Å². The summed E-state index contributed by atoms with van der Waals surface area (Å²) in [6.45, 7) is 2.27. The molecule has 0 aromatic heterocycles. The Labute approximate surface area is 74.8 Å². The molecule has 0 N–H and O–H groups in total. The van der Waals surface area contributed by atoms with E-state index >= 15 is 0 Å². The van der Waals surface area contributed by atoms with Crippen LogP contribution < -0.4 is 0 Å². The lowest BCUT2D eigenvalue weighted by Crippen LogP contribution is -2.26. The normalized spacial score (nSPS) is 44.2. The van der Waals surface area contributed by atoms with Gasteiger partial charge in [0.1, 0.15) is 0 Å². The van der Waals surface area contributed by atoms with Crippen molar-refractivity contribution in [1.29, 1.82) is 0 Å². The summed E-state index contributed by atoms with van der Waals surface area (Å²) in [5.41, 5.74) is 0. The van der Waals surface area contributed by atoms with Crippen molar-refractivity contribution in [2.45, 2.75) is 32.3 Å². The molecule has 0 aromatic rings. The van der Waals surface area contributed by atoms with Crippen LogP contribution in [-0.4, -0.2) is 13.2 Å². The zero-order chi connectivity index (χ0) is 8.55. The van der Waals surface area contributed by atoms with Gasteiger partial charge >= 0.3 is 0 Å². The molecule has 0 radical (unpaired) electrons. The molecule has 0 heterocycles. The highest BCUT2D eigenvalue weighted by Crippen LogP contribution is 2.46. The third-order valence-corrected chi connectivity index (χ3v) is 3.44. The largest absolute Gasteiger partial charge is 0.381 e. The van der Waals surface area contributed by atoms with Gasteiger partial charge in [-0.15, -0.1) is 0 Å². The molecule has 1 nitrogen and oxygen atoms in total. The Hall–Kier alpha value is -0.300. The van der Waals surface area contributed by atoms with E-state index in [1.165, 1.54) is 19.3 Å². The molecule has 1 fully saturated rings. The number of hydrogen-bond acceptors (Lipinski definition) is 1. The van der Waals surface area contributed by atoms with E-state index in [2.05, 4.69) is 19.1 Å². The second-order valence-electron chi connectivity index (χ2n) is 4.10. The van der Waals surface area contributed by atoms with Gasteiger partial charge in [0, 0.05) is 13.0 Å². The van der Waals surface area contributed by atoms with Crippen LogP contribution in [0.1, 0.15) is 26.2 Å². The van der Waals surface area contributed by atoms with Crippen molar-refractivity contribution < 1.29 is 4.74 Å². The standard InChI is InChI=1S/C11H18O/c1-3-4-10-8-5-6-9(7-8)11(10)12-2/h5-6,8-11H,3-4,7H2,1-2H3. The lowest BCUT2D eigenvalue weighted by molar-refractivity contribution is 0.0392. The molecular weight excluding hydrogens is 148 g/mol. The lowest BCUT2D eigenvalue weighted by atomic mass is 9.87. The molecule has 0 saturated heterocycles. The van der Waals surface area contributed by atoms with Gasteiger partial charge in [-0.3, -0.25) is 0 Å². The lowest BCUT2D eigenvalue weighted by Gasteiger charge is -2.26. The number of ether oxygens (including phenoxy) is 1. The molecule has 68 valence electrons. The van der Waals surface area contributed by atoms with Gasteiger partial charge in [-0.25, -0.2) is 0 Å². The third-order valence-electron chi connectivity index (χ3n) is 3.44. The molecular formula is C11H18O. The molecule has 4 unspecified atom stereocenters. The average Bonchev–Trinajstić information content (AvgIpc) is 2.64. The molecule has 4 atom stereocenters. The van der Waals surface area contributed by atoms with Gasteiger partial charge in [0.05, 0.1) is 6.10 Å². The number of fused-ring (bicyclic) bond motifs is 2. The minimum Gasteiger partial charge on any atom is -0.381 e. The number of allylic oxidation sites excluding steroid dienone is 1. The number of rotatable bonds is 3. The van der Waals surface area contributed by atoms with Gasteiger partial charge in [-0.05, 0) is 24.7 Å². The average molecular weight is 166 g/mol. The van der Waals surface area contributed by atoms with E-state index in [-0.39, 0.29) is 0 Å². The molecule has 0 aromatic carbocycles. The van der Waals surface area contributed by atoms with Gasteiger partial charge in [-0.2, -0.15) is 0 Å². The Morgan fingerprint density at radius 1 is 1.33 bits per heavy atom. The van der Waals surface area contributed by atoms with E-state index in [0.29, 0.717) is 6.10 Å². The summed E-state index contributed by atoms with van der Waals surface area (Å²) in [6, 6.07) is 0. The second kappa shape index (κ2) is 3.21. The fourth-order valence-corrected chi connectivity index (χ4v) is 2.94. The minimum absolute atomic E-state index is 0.528. The number of methoxy groups -OCH3 is 1. The summed E-state index contributed by atoms with van der Waals surface area (Å²) >= 11 is 0. The molecule has 2 aliphatic rings. The van der Waals surface area contributed by atoms with Gasteiger partial charge in [0.15, 0.2) is 0 Å². The van der Waals surface area contributed by atoms with E-state index in [1.807, 2.05) is 7.11 Å². The summed E-state index contributed by atoms with van der Waals surface area (Å²) < 4.78 is 5.56. The maximum atomic E-state index is 5.56. The van der Waals surface area contributed by atoms with Crippen LogP contribution in [0.3, 0.4) is 0 Å². The van der Waals surface area contributed by atoms with Gasteiger partial charge in [0.2, 0.25) is 0 Å². The highest BCUT2D eigenvalue weighted by Gasteiger charge is 2.43. The maximum absolute atomic E-state index is 5.56. The molecule has 2 aliphatic carbocycles. The van der Waals surface area contributed by atoms with Crippen molar-refractivity contribution >= 4 is 0 Å². The van der Waals surface area contributed by atoms with Crippen molar-refractivity contribution in [1.82, 2.24) is 0 Å². The van der Waals surface area contributed by atoms with Crippen LogP contribution >= 0.6 is 0 Å². The minimum atomic E-state index is 0.528. The number of hydrogen-bond donors (Lipinski definition) is 0. The highest BCUT2D eigenvalue weighted by molar-refractivity contribution is 5.14. The van der Waals surface area contributed by atoms with Crippen LogP contribution in [-0.2, 0) is 4.74 Å². The Morgan fingerprint density at radius 2 is 2.08 bits per heavy atom. The molecule has 1 heteroatoms. The van der Waals surface area contributed by atoms with Crippen molar-refractivity contribution in [3.05, 3.63) is 12.2 Å². The van der Waals surface area contributed by atoms with Crippen molar-refractivity contribution in [2.24, 2.45) is 17.8 Å². The van der Waals surface area contributed by atoms with E-state index in [9.17, 15) is 0 Å². The summed E-state index contributed by atoms with van der Waals surface area (Å²) in [7, 11) is 1.86. The summed E-state index contributed by atoms with van der Waals surface area (Å²) in [6.07, 6.45) is 9.26.